The molecule has 0 spiro atoms. The number of fused-ring (bicyclic) bond motifs is 1. The lowest BCUT2D eigenvalue weighted by Crippen LogP contribution is -2.05. The van der Waals surface area contributed by atoms with Gasteiger partial charge in [-0.05, 0) is 36.9 Å². The van der Waals surface area contributed by atoms with Gasteiger partial charge in [0.05, 0.1) is 10.2 Å². The number of hydrogen-bond donors (Lipinski definition) is 1. The van der Waals surface area contributed by atoms with Crippen molar-refractivity contribution >= 4 is 21.6 Å². The minimum Gasteiger partial charge on any atom is -0.486 e. The van der Waals surface area contributed by atoms with E-state index in [0.717, 1.165) is 22.8 Å². The van der Waals surface area contributed by atoms with E-state index >= 15 is 0 Å². The third-order valence-electron chi connectivity index (χ3n) is 2.98. The molecule has 0 fully saturated rings. The number of rotatable bonds is 5. The van der Waals surface area contributed by atoms with E-state index in [2.05, 4.69) is 28.5 Å². The highest BCUT2D eigenvalue weighted by atomic mass is 32.1. The monoisotopic (exact) mass is 284 g/mol. The quantitative estimate of drug-likeness (QED) is 0.777. The Balaban J connectivity index is 1.71. The van der Waals surface area contributed by atoms with Crippen LogP contribution < -0.4 is 10.1 Å². The van der Waals surface area contributed by atoms with Crippen molar-refractivity contribution in [3.63, 3.8) is 0 Å². The lowest BCUT2D eigenvalue weighted by molar-refractivity contribution is 0.305. The van der Waals surface area contributed by atoms with Gasteiger partial charge in [-0.15, -0.1) is 11.3 Å². The SMILES string of the molecule is CNCc1cccc(OCc2nc3ccccc3s2)c1. The number of para-hydroxylation sites is 1. The van der Waals surface area contributed by atoms with Gasteiger partial charge in [0.15, 0.2) is 0 Å². The first kappa shape index (κ1) is 13.1. The lowest BCUT2D eigenvalue weighted by Gasteiger charge is -2.06. The van der Waals surface area contributed by atoms with Gasteiger partial charge in [0.2, 0.25) is 0 Å². The number of benzene rings is 2. The molecule has 0 amide bonds. The molecule has 1 aromatic heterocycles. The molecular formula is C16H16N2OS. The third kappa shape index (κ3) is 2.98. The molecule has 0 unspecified atom stereocenters. The summed E-state index contributed by atoms with van der Waals surface area (Å²) in [5, 5.41) is 4.14. The Bertz CT molecular complexity index is 675. The predicted octanol–water partition coefficient (Wildman–Crippen LogP) is 3.59. The molecule has 3 aromatic rings. The van der Waals surface area contributed by atoms with Crippen molar-refractivity contribution in [3.8, 4) is 5.75 Å². The number of thiazole rings is 1. The number of aromatic nitrogens is 1. The molecule has 0 aliphatic carbocycles. The van der Waals surface area contributed by atoms with E-state index in [0.29, 0.717) is 6.61 Å². The molecule has 0 saturated carbocycles. The molecule has 1 N–H and O–H groups in total. The van der Waals surface area contributed by atoms with Crippen LogP contribution >= 0.6 is 11.3 Å². The zero-order valence-corrected chi connectivity index (χ0v) is 12.1. The molecule has 1 heterocycles. The molecule has 3 nitrogen and oxygen atoms in total. The van der Waals surface area contributed by atoms with Crippen LogP contribution in [0.15, 0.2) is 48.5 Å². The van der Waals surface area contributed by atoms with Gasteiger partial charge in [-0.3, -0.25) is 0 Å². The largest absolute Gasteiger partial charge is 0.486 e. The maximum absolute atomic E-state index is 5.83. The van der Waals surface area contributed by atoms with E-state index in [4.69, 9.17) is 4.74 Å². The van der Waals surface area contributed by atoms with E-state index in [9.17, 15) is 0 Å². The molecule has 102 valence electrons. The maximum Gasteiger partial charge on any atom is 0.140 e. The smallest absolute Gasteiger partial charge is 0.140 e. The van der Waals surface area contributed by atoms with Crippen LogP contribution in [-0.4, -0.2) is 12.0 Å². The van der Waals surface area contributed by atoms with E-state index in [-0.39, 0.29) is 0 Å². The Morgan fingerprint density at radius 1 is 1.15 bits per heavy atom. The summed E-state index contributed by atoms with van der Waals surface area (Å²) in [6.07, 6.45) is 0. The average Bonchev–Trinajstić information content (AvgIpc) is 2.89. The second kappa shape index (κ2) is 6.03. The van der Waals surface area contributed by atoms with Gasteiger partial charge < -0.3 is 10.1 Å². The van der Waals surface area contributed by atoms with Crippen LogP contribution in [0.4, 0.5) is 0 Å². The third-order valence-corrected chi connectivity index (χ3v) is 3.99. The summed E-state index contributed by atoms with van der Waals surface area (Å²) < 4.78 is 7.03. The van der Waals surface area contributed by atoms with E-state index in [1.807, 2.05) is 37.4 Å². The molecule has 0 bridgehead atoms. The van der Waals surface area contributed by atoms with Crippen molar-refractivity contribution in [2.45, 2.75) is 13.2 Å². The van der Waals surface area contributed by atoms with E-state index in [1.54, 1.807) is 11.3 Å². The standard InChI is InChI=1S/C16H16N2OS/c1-17-10-12-5-4-6-13(9-12)19-11-16-18-14-7-2-3-8-15(14)20-16/h2-9,17H,10-11H2,1H3. The second-order valence-corrected chi connectivity index (χ2v) is 5.66. The predicted molar refractivity (Wildman–Crippen MR) is 83.2 cm³/mol. The highest BCUT2D eigenvalue weighted by molar-refractivity contribution is 7.18. The molecule has 0 atom stereocenters. The van der Waals surface area contributed by atoms with Gasteiger partial charge in [0.1, 0.15) is 17.4 Å². The maximum atomic E-state index is 5.83. The number of ether oxygens (including phenoxy) is 1. The zero-order valence-electron chi connectivity index (χ0n) is 11.3. The fourth-order valence-electron chi connectivity index (χ4n) is 2.08. The number of nitrogens with zero attached hydrogens (tertiary/aromatic N) is 1. The van der Waals surface area contributed by atoms with Gasteiger partial charge in [0.25, 0.3) is 0 Å². The summed E-state index contributed by atoms with van der Waals surface area (Å²) in [5.41, 5.74) is 2.26. The van der Waals surface area contributed by atoms with E-state index in [1.165, 1.54) is 10.3 Å². The van der Waals surface area contributed by atoms with Crippen molar-refractivity contribution in [2.24, 2.45) is 0 Å². The summed E-state index contributed by atoms with van der Waals surface area (Å²) in [4.78, 5) is 4.57. The van der Waals surface area contributed by atoms with Crippen molar-refractivity contribution in [1.82, 2.24) is 10.3 Å². The minimum absolute atomic E-state index is 0.516. The van der Waals surface area contributed by atoms with Crippen molar-refractivity contribution in [3.05, 3.63) is 59.1 Å². The van der Waals surface area contributed by atoms with E-state index < -0.39 is 0 Å². The van der Waals surface area contributed by atoms with Gasteiger partial charge in [-0.2, -0.15) is 0 Å². The Morgan fingerprint density at radius 2 is 2.05 bits per heavy atom. The summed E-state index contributed by atoms with van der Waals surface area (Å²) >= 11 is 1.68. The molecule has 0 aliphatic rings. The first-order valence-electron chi connectivity index (χ1n) is 6.56. The van der Waals surface area contributed by atoms with Crippen LogP contribution in [-0.2, 0) is 13.2 Å². The number of hydrogen-bond acceptors (Lipinski definition) is 4. The topological polar surface area (TPSA) is 34.1 Å². The molecular weight excluding hydrogens is 268 g/mol. The van der Waals surface area contributed by atoms with Crippen molar-refractivity contribution in [1.29, 1.82) is 0 Å². The fourth-order valence-corrected chi connectivity index (χ4v) is 2.96. The molecule has 3 rings (SSSR count). The molecule has 20 heavy (non-hydrogen) atoms. The van der Waals surface area contributed by atoms with Crippen LogP contribution in [0.3, 0.4) is 0 Å². The minimum atomic E-state index is 0.516. The highest BCUT2D eigenvalue weighted by Gasteiger charge is 2.04. The van der Waals surface area contributed by atoms with Crippen LogP contribution in [0.2, 0.25) is 0 Å². The Hall–Kier alpha value is -1.91. The average molecular weight is 284 g/mol. The first-order chi connectivity index (χ1) is 9.85. The fraction of sp³-hybridized carbons (Fsp3) is 0.188. The lowest BCUT2D eigenvalue weighted by atomic mass is 10.2. The second-order valence-electron chi connectivity index (χ2n) is 4.54. The van der Waals surface area contributed by atoms with Crippen molar-refractivity contribution < 1.29 is 4.74 Å². The van der Waals surface area contributed by atoms with Crippen LogP contribution in [0.5, 0.6) is 5.75 Å². The van der Waals surface area contributed by atoms with Gasteiger partial charge in [-0.1, -0.05) is 24.3 Å². The number of nitrogens with one attached hydrogen (secondary N) is 1. The van der Waals surface area contributed by atoms with Crippen molar-refractivity contribution in [2.75, 3.05) is 7.05 Å². The Kier molecular flexibility index (Phi) is 3.95. The van der Waals surface area contributed by atoms with Crippen LogP contribution in [0, 0.1) is 0 Å². The Morgan fingerprint density at radius 3 is 2.90 bits per heavy atom. The first-order valence-corrected chi connectivity index (χ1v) is 7.37. The van der Waals surface area contributed by atoms with Crippen LogP contribution in [0.1, 0.15) is 10.6 Å². The van der Waals surface area contributed by atoms with Gasteiger partial charge in [-0.25, -0.2) is 4.98 Å². The molecule has 4 heteroatoms. The van der Waals surface area contributed by atoms with Crippen LogP contribution in [0.25, 0.3) is 10.2 Å². The molecule has 0 aliphatic heterocycles. The zero-order chi connectivity index (χ0) is 13.8. The molecule has 0 saturated heterocycles. The summed E-state index contributed by atoms with van der Waals surface area (Å²) in [7, 11) is 1.94. The summed E-state index contributed by atoms with van der Waals surface area (Å²) in [6.45, 7) is 1.36. The normalized spacial score (nSPS) is 10.8. The van der Waals surface area contributed by atoms with Gasteiger partial charge in [0, 0.05) is 6.54 Å². The molecule has 0 radical (unpaired) electrons. The van der Waals surface area contributed by atoms with Gasteiger partial charge >= 0.3 is 0 Å². The summed E-state index contributed by atoms with van der Waals surface area (Å²) in [5.74, 6) is 0.886. The molecule has 2 aromatic carbocycles. The Labute approximate surface area is 122 Å². The highest BCUT2D eigenvalue weighted by Crippen LogP contribution is 2.23. The summed E-state index contributed by atoms with van der Waals surface area (Å²) in [6, 6.07) is 16.3.